The summed E-state index contributed by atoms with van der Waals surface area (Å²) < 4.78 is 10.6. The predicted molar refractivity (Wildman–Crippen MR) is 153 cm³/mol. The third kappa shape index (κ3) is 6.20. The normalized spacial score (nSPS) is 15.4. The van der Waals surface area contributed by atoms with Crippen LogP contribution in [0.3, 0.4) is 0 Å². The largest absolute Gasteiger partial charge is 0.493 e. The lowest BCUT2D eigenvalue weighted by Gasteiger charge is -2.16. The highest BCUT2D eigenvalue weighted by Gasteiger charge is 2.35. The van der Waals surface area contributed by atoms with E-state index in [0.29, 0.717) is 15.6 Å². The number of nitrogens with zero attached hydrogens (tertiary/aromatic N) is 2. The van der Waals surface area contributed by atoms with Crippen LogP contribution >= 0.6 is 23.4 Å². The number of amidine groups is 1. The first kappa shape index (κ1) is 27.3. The molecule has 1 aliphatic rings. The SMILES string of the molecule is CCc1ccc(N=C2S/C(=C\c3cc(Cl)c(OCC(=O)O)c(OC)c3)C(=O)N2c2ccc(CC)cc2)cc1. The molecule has 0 aliphatic carbocycles. The van der Waals surface area contributed by atoms with Crippen molar-refractivity contribution in [1.29, 1.82) is 0 Å². The number of methoxy groups -OCH3 is 1. The van der Waals surface area contributed by atoms with Crippen molar-refractivity contribution in [3.63, 3.8) is 0 Å². The number of halogens is 1. The minimum absolute atomic E-state index is 0.125. The van der Waals surface area contributed by atoms with E-state index < -0.39 is 12.6 Å². The van der Waals surface area contributed by atoms with Gasteiger partial charge in [-0.3, -0.25) is 9.69 Å². The summed E-state index contributed by atoms with van der Waals surface area (Å²) in [7, 11) is 1.43. The third-order valence-electron chi connectivity index (χ3n) is 5.87. The number of ether oxygens (including phenoxy) is 2. The first-order chi connectivity index (χ1) is 18.3. The number of amides is 1. The van der Waals surface area contributed by atoms with Gasteiger partial charge in [0.05, 0.1) is 28.4 Å². The molecule has 1 N–H and O–H groups in total. The molecule has 3 aromatic rings. The van der Waals surface area contributed by atoms with Gasteiger partial charge in [0, 0.05) is 0 Å². The fourth-order valence-corrected chi connectivity index (χ4v) is 5.10. The zero-order chi connectivity index (χ0) is 27.2. The number of aryl methyl sites for hydroxylation is 2. The maximum absolute atomic E-state index is 13.7. The summed E-state index contributed by atoms with van der Waals surface area (Å²) in [5, 5.41) is 9.64. The van der Waals surface area contributed by atoms with Gasteiger partial charge < -0.3 is 14.6 Å². The van der Waals surface area contributed by atoms with Crippen molar-refractivity contribution >= 4 is 57.9 Å². The fraction of sp³-hybridized carbons (Fsp3) is 0.207. The van der Waals surface area contributed by atoms with E-state index in [-0.39, 0.29) is 22.4 Å². The van der Waals surface area contributed by atoms with Crippen LogP contribution in [0.2, 0.25) is 5.02 Å². The summed E-state index contributed by atoms with van der Waals surface area (Å²) in [6.45, 7) is 3.61. The Bertz CT molecular complexity index is 1400. The van der Waals surface area contributed by atoms with Gasteiger partial charge in [-0.25, -0.2) is 9.79 Å². The topological polar surface area (TPSA) is 88.4 Å². The monoisotopic (exact) mass is 550 g/mol. The van der Waals surface area contributed by atoms with E-state index in [1.165, 1.54) is 30.0 Å². The second-order valence-electron chi connectivity index (χ2n) is 8.40. The van der Waals surface area contributed by atoms with Crippen LogP contribution in [-0.2, 0) is 22.4 Å². The van der Waals surface area contributed by atoms with Crippen molar-refractivity contribution in [3.8, 4) is 11.5 Å². The number of carboxylic acids is 1. The van der Waals surface area contributed by atoms with Crippen LogP contribution in [-0.4, -0.2) is 35.9 Å². The number of aliphatic imine (C=N–C) groups is 1. The van der Waals surface area contributed by atoms with Gasteiger partial charge in [0.25, 0.3) is 5.91 Å². The van der Waals surface area contributed by atoms with Crippen LogP contribution in [0.1, 0.15) is 30.5 Å². The van der Waals surface area contributed by atoms with Crippen LogP contribution in [0.25, 0.3) is 6.08 Å². The van der Waals surface area contributed by atoms with Gasteiger partial charge in [-0.15, -0.1) is 0 Å². The van der Waals surface area contributed by atoms with Gasteiger partial charge >= 0.3 is 5.97 Å². The molecule has 9 heteroatoms. The number of carboxylic acid groups (broad SMARTS) is 1. The molecule has 0 saturated carbocycles. The maximum atomic E-state index is 13.7. The second kappa shape index (κ2) is 12.2. The number of carbonyl (C=O) groups excluding carboxylic acids is 1. The standard InChI is InChI=1S/C29H27ClN2O5S/c1-4-18-6-10-21(11-7-18)31-29-32(22-12-8-19(5-2)9-13-22)28(35)25(38-29)16-20-14-23(30)27(24(15-20)36-3)37-17-26(33)34/h6-16H,4-5,17H2,1-3H3,(H,33,34)/b25-16-,31-29?. The molecule has 0 unspecified atom stereocenters. The van der Waals surface area contributed by atoms with E-state index in [0.717, 1.165) is 24.2 Å². The molecule has 196 valence electrons. The Morgan fingerprint density at radius 2 is 1.68 bits per heavy atom. The number of rotatable bonds is 9. The summed E-state index contributed by atoms with van der Waals surface area (Å²) in [4.78, 5) is 31.4. The Balaban J connectivity index is 1.73. The van der Waals surface area contributed by atoms with Gasteiger partial charge in [-0.2, -0.15) is 0 Å². The van der Waals surface area contributed by atoms with Crippen molar-refractivity contribution in [3.05, 3.63) is 87.3 Å². The Labute approximate surface area is 230 Å². The average molecular weight is 551 g/mol. The number of carbonyl (C=O) groups is 2. The smallest absolute Gasteiger partial charge is 0.341 e. The minimum Gasteiger partial charge on any atom is -0.493 e. The molecule has 4 rings (SSSR count). The van der Waals surface area contributed by atoms with Crippen LogP contribution in [0.4, 0.5) is 11.4 Å². The Morgan fingerprint density at radius 1 is 1.05 bits per heavy atom. The molecule has 0 radical (unpaired) electrons. The lowest BCUT2D eigenvalue weighted by Crippen LogP contribution is -2.28. The van der Waals surface area contributed by atoms with E-state index in [1.807, 2.05) is 48.5 Å². The highest BCUT2D eigenvalue weighted by Crippen LogP contribution is 2.40. The molecule has 3 aromatic carbocycles. The van der Waals surface area contributed by atoms with Gasteiger partial charge in [-0.1, -0.05) is 49.7 Å². The minimum atomic E-state index is -1.13. The van der Waals surface area contributed by atoms with Gasteiger partial charge in [-0.05, 0) is 83.8 Å². The molecule has 7 nitrogen and oxygen atoms in total. The summed E-state index contributed by atoms with van der Waals surface area (Å²) in [6, 6.07) is 19.0. The number of aliphatic carboxylic acids is 1. The highest BCUT2D eigenvalue weighted by molar-refractivity contribution is 8.19. The lowest BCUT2D eigenvalue weighted by molar-refractivity contribution is -0.139. The molecule has 1 fully saturated rings. The molecule has 1 amide bonds. The van der Waals surface area contributed by atoms with E-state index in [4.69, 9.17) is 31.2 Å². The average Bonchev–Trinajstić information content (AvgIpc) is 3.21. The maximum Gasteiger partial charge on any atom is 0.341 e. The van der Waals surface area contributed by atoms with E-state index >= 15 is 0 Å². The van der Waals surface area contributed by atoms with Crippen molar-refractivity contribution in [2.75, 3.05) is 18.6 Å². The zero-order valence-electron chi connectivity index (χ0n) is 21.2. The highest BCUT2D eigenvalue weighted by atomic mass is 35.5. The van der Waals surface area contributed by atoms with Gasteiger partial charge in [0.2, 0.25) is 0 Å². The number of benzene rings is 3. The molecule has 1 heterocycles. The first-order valence-corrected chi connectivity index (χ1v) is 13.2. The van der Waals surface area contributed by atoms with Crippen LogP contribution in [0.5, 0.6) is 11.5 Å². The summed E-state index contributed by atoms with van der Waals surface area (Å²) in [5.74, 6) is -0.965. The number of anilines is 1. The second-order valence-corrected chi connectivity index (χ2v) is 9.82. The first-order valence-electron chi connectivity index (χ1n) is 12.1. The number of hydrogen-bond acceptors (Lipinski definition) is 6. The van der Waals surface area contributed by atoms with Crippen LogP contribution in [0.15, 0.2) is 70.6 Å². The summed E-state index contributed by atoms with van der Waals surface area (Å²) >= 11 is 7.64. The van der Waals surface area contributed by atoms with Crippen molar-refractivity contribution < 1.29 is 24.2 Å². The third-order valence-corrected chi connectivity index (χ3v) is 7.12. The van der Waals surface area contributed by atoms with E-state index in [2.05, 4.69) is 13.8 Å². The summed E-state index contributed by atoms with van der Waals surface area (Å²) in [5.41, 5.74) is 4.45. The predicted octanol–water partition coefficient (Wildman–Crippen LogP) is 6.75. The van der Waals surface area contributed by atoms with Crippen molar-refractivity contribution in [1.82, 2.24) is 0 Å². The summed E-state index contributed by atoms with van der Waals surface area (Å²) in [6.07, 6.45) is 3.53. The lowest BCUT2D eigenvalue weighted by atomic mass is 10.1. The van der Waals surface area contributed by atoms with Crippen LogP contribution in [0, 0.1) is 0 Å². The Morgan fingerprint density at radius 3 is 2.26 bits per heavy atom. The molecule has 0 spiro atoms. The number of hydrogen-bond donors (Lipinski definition) is 1. The number of thioether (sulfide) groups is 1. The molecular formula is C29H27ClN2O5S. The quantitative estimate of drug-likeness (QED) is 0.297. The molecule has 0 bridgehead atoms. The Kier molecular flexibility index (Phi) is 8.76. The zero-order valence-corrected chi connectivity index (χ0v) is 22.8. The van der Waals surface area contributed by atoms with Crippen molar-refractivity contribution in [2.24, 2.45) is 4.99 Å². The molecule has 0 aromatic heterocycles. The Hall–Kier alpha value is -3.75. The van der Waals surface area contributed by atoms with Crippen LogP contribution < -0.4 is 14.4 Å². The molecule has 0 atom stereocenters. The fourth-order valence-electron chi connectivity index (χ4n) is 3.82. The van der Waals surface area contributed by atoms with E-state index in [9.17, 15) is 9.59 Å². The van der Waals surface area contributed by atoms with Gasteiger partial charge in [0.15, 0.2) is 23.3 Å². The molecule has 1 saturated heterocycles. The molecule has 38 heavy (non-hydrogen) atoms. The van der Waals surface area contributed by atoms with Crippen molar-refractivity contribution in [2.45, 2.75) is 26.7 Å². The molecule has 1 aliphatic heterocycles. The van der Waals surface area contributed by atoms with Gasteiger partial charge in [0.1, 0.15) is 0 Å². The van der Waals surface area contributed by atoms with E-state index in [1.54, 1.807) is 23.1 Å². The molecular weight excluding hydrogens is 524 g/mol.